The number of hydrogen-bond donors (Lipinski definition) is 2. The van der Waals surface area contributed by atoms with Gasteiger partial charge in [0.2, 0.25) is 0 Å². The molecule has 0 spiro atoms. The normalized spacial score (nSPS) is 20.5. The first-order valence-electron chi connectivity index (χ1n) is 13.3. The summed E-state index contributed by atoms with van der Waals surface area (Å²) in [4.78, 5) is 31.9. The Kier molecular flexibility index (Phi) is 6.97. The number of ether oxygens (including phenoxy) is 1. The SMILES string of the molecule is C[C@@H](c1ccc(-c2ccc(C(=O)NC3CC3)cn2)cc1)N1CC[C@](CC(C)(C)N)(c2ccccc2)OC1=O. The number of carbonyl (C=O) groups excluding carboxylic acids is 2. The van der Waals surface area contributed by atoms with E-state index in [-0.39, 0.29) is 18.0 Å². The average Bonchev–Trinajstić information content (AvgIpc) is 3.72. The Morgan fingerprint density at radius 1 is 1.13 bits per heavy atom. The lowest BCUT2D eigenvalue weighted by Gasteiger charge is -2.45. The number of benzene rings is 2. The number of nitrogens with two attached hydrogens (primary N) is 1. The van der Waals surface area contributed by atoms with Crippen LogP contribution in [-0.4, -0.2) is 40.0 Å². The van der Waals surface area contributed by atoms with Crippen LogP contribution in [0.5, 0.6) is 0 Å². The number of pyridine rings is 1. The van der Waals surface area contributed by atoms with Crippen LogP contribution in [0.2, 0.25) is 0 Å². The third kappa shape index (κ3) is 5.73. The highest BCUT2D eigenvalue weighted by molar-refractivity contribution is 5.94. The molecule has 2 heterocycles. The molecule has 7 nitrogen and oxygen atoms in total. The largest absolute Gasteiger partial charge is 0.438 e. The molecule has 1 saturated carbocycles. The first-order chi connectivity index (χ1) is 18.1. The van der Waals surface area contributed by atoms with E-state index in [9.17, 15) is 9.59 Å². The number of nitrogens with zero attached hydrogens (tertiary/aromatic N) is 2. The smallest absolute Gasteiger partial charge is 0.411 e. The fourth-order valence-corrected chi connectivity index (χ4v) is 5.24. The van der Waals surface area contributed by atoms with Gasteiger partial charge in [0.25, 0.3) is 5.91 Å². The van der Waals surface area contributed by atoms with Crippen LogP contribution in [0.3, 0.4) is 0 Å². The van der Waals surface area contributed by atoms with Gasteiger partial charge in [-0.15, -0.1) is 0 Å². The third-order valence-electron chi connectivity index (χ3n) is 7.41. The Hall–Kier alpha value is -3.71. The first-order valence-corrected chi connectivity index (χ1v) is 13.3. The molecule has 1 aromatic heterocycles. The molecule has 1 aliphatic heterocycles. The lowest BCUT2D eigenvalue weighted by atomic mass is 9.79. The lowest BCUT2D eigenvalue weighted by molar-refractivity contribution is -0.0738. The van der Waals surface area contributed by atoms with Crippen LogP contribution in [0, 0.1) is 0 Å². The number of carbonyl (C=O) groups is 2. The zero-order valence-corrected chi connectivity index (χ0v) is 22.3. The van der Waals surface area contributed by atoms with Crippen molar-refractivity contribution >= 4 is 12.0 Å². The molecule has 5 rings (SSSR count). The molecule has 2 fully saturated rings. The molecular weight excluding hydrogens is 476 g/mol. The average molecular weight is 513 g/mol. The van der Waals surface area contributed by atoms with Crippen LogP contribution in [0.15, 0.2) is 72.9 Å². The Morgan fingerprint density at radius 3 is 2.42 bits per heavy atom. The maximum Gasteiger partial charge on any atom is 0.411 e. The van der Waals surface area contributed by atoms with E-state index in [1.807, 2.05) is 87.5 Å². The molecule has 2 aliphatic rings. The molecule has 3 N–H and O–H groups in total. The molecule has 2 amide bonds. The van der Waals surface area contributed by atoms with Gasteiger partial charge >= 0.3 is 6.09 Å². The predicted molar refractivity (Wildman–Crippen MR) is 147 cm³/mol. The van der Waals surface area contributed by atoms with E-state index in [4.69, 9.17) is 10.5 Å². The summed E-state index contributed by atoms with van der Waals surface area (Å²) < 4.78 is 6.21. The van der Waals surface area contributed by atoms with Gasteiger partial charge in [0.15, 0.2) is 0 Å². The van der Waals surface area contributed by atoms with Crippen LogP contribution in [0.1, 0.15) is 74.0 Å². The number of cyclic esters (lactones) is 1. The lowest BCUT2D eigenvalue weighted by Crippen LogP contribution is -2.52. The van der Waals surface area contributed by atoms with E-state index in [0.29, 0.717) is 31.0 Å². The molecule has 0 radical (unpaired) electrons. The van der Waals surface area contributed by atoms with Crippen molar-refractivity contribution in [3.05, 3.63) is 89.6 Å². The zero-order chi connectivity index (χ0) is 26.9. The van der Waals surface area contributed by atoms with E-state index >= 15 is 0 Å². The Balaban J connectivity index is 1.28. The monoisotopic (exact) mass is 512 g/mol. The summed E-state index contributed by atoms with van der Waals surface area (Å²) in [6.07, 6.45) is 4.60. The van der Waals surface area contributed by atoms with Gasteiger partial charge in [-0.05, 0) is 56.9 Å². The Morgan fingerprint density at radius 2 is 1.84 bits per heavy atom. The first kappa shape index (κ1) is 25.9. The summed E-state index contributed by atoms with van der Waals surface area (Å²) in [5.41, 5.74) is 9.46. The topological polar surface area (TPSA) is 97.6 Å². The minimum atomic E-state index is -0.746. The molecular formula is C31H36N4O3. The molecule has 38 heavy (non-hydrogen) atoms. The van der Waals surface area contributed by atoms with Crippen molar-refractivity contribution in [2.75, 3.05) is 6.54 Å². The molecule has 1 aliphatic carbocycles. The van der Waals surface area contributed by atoms with Gasteiger partial charge in [0.05, 0.1) is 17.3 Å². The van der Waals surface area contributed by atoms with Gasteiger partial charge in [-0.1, -0.05) is 54.6 Å². The second-order valence-corrected chi connectivity index (χ2v) is 11.3. The van der Waals surface area contributed by atoms with Crippen molar-refractivity contribution in [1.82, 2.24) is 15.2 Å². The molecule has 7 heteroatoms. The standard InChI is InChI=1S/C31H36N4O3/c1-21(35-18-17-31(38-29(35)37,20-30(2,3)32)25-7-5-4-6-8-25)22-9-11-23(12-10-22)27-16-13-24(19-33-27)28(36)34-26-14-15-26/h4-13,16,19,21,26H,14-15,17-18,20,32H2,1-3H3,(H,34,36)/t21-,31-/m0/s1. The highest BCUT2D eigenvalue weighted by Crippen LogP contribution is 2.42. The van der Waals surface area contributed by atoms with Crippen LogP contribution in [-0.2, 0) is 10.3 Å². The highest BCUT2D eigenvalue weighted by atomic mass is 16.6. The van der Waals surface area contributed by atoms with Gasteiger partial charge in [-0.25, -0.2) is 4.79 Å². The Labute approximate surface area is 224 Å². The molecule has 0 unspecified atom stereocenters. The summed E-state index contributed by atoms with van der Waals surface area (Å²) >= 11 is 0. The number of hydrogen-bond acceptors (Lipinski definition) is 5. The summed E-state index contributed by atoms with van der Waals surface area (Å²) in [6.45, 7) is 6.52. The molecule has 3 aromatic rings. The number of rotatable bonds is 8. The third-order valence-corrected chi connectivity index (χ3v) is 7.41. The van der Waals surface area contributed by atoms with Crippen LogP contribution in [0.25, 0.3) is 11.3 Å². The van der Waals surface area contributed by atoms with Crippen molar-refractivity contribution in [3.63, 3.8) is 0 Å². The van der Waals surface area contributed by atoms with Gasteiger partial charge < -0.3 is 20.7 Å². The second kappa shape index (κ2) is 10.2. The summed E-state index contributed by atoms with van der Waals surface area (Å²) in [5.74, 6) is -0.0737. The van der Waals surface area contributed by atoms with Crippen molar-refractivity contribution in [3.8, 4) is 11.3 Å². The summed E-state index contributed by atoms with van der Waals surface area (Å²) in [5, 5.41) is 2.98. The quantitative estimate of drug-likeness (QED) is 0.411. The van der Waals surface area contributed by atoms with E-state index in [1.165, 1.54) is 0 Å². The number of nitrogens with one attached hydrogen (secondary N) is 1. The van der Waals surface area contributed by atoms with Gasteiger partial charge in [-0.2, -0.15) is 0 Å². The molecule has 0 bridgehead atoms. The van der Waals surface area contributed by atoms with Crippen LogP contribution >= 0.6 is 0 Å². The number of amides is 2. The second-order valence-electron chi connectivity index (χ2n) is 11.3. The van der Waals surface area contributed by atoms with Crippen molar-refractivity contribution in [2.45, 2.75) is 69.7 Å². The van der Waals surface area contributed by atoms with Gasteiger partial charge in [-0.3, -0.25) is 9.78 Å². The van der Waals surface area contributed by atoms with Crippen molar-refractivity contribution in [1.29, 1.82) is 0 Å². The van der Waals surface area contributed by atoms with E-state index < -0.39 is 11.1 Å². The van der Waals surface area contributed by atoms with E-state index in [2.05, 4.69) is 10.3 Å². The maximum absolute atomic E-state index is 13.4. The minimum Gasteiger partial charge on any atom is -0.438 e. The zero-order valence-electron chi connectivity index (χ0n) is 22.3. The van der Waals surface area contributed by atoms with E-state index in [1.54, 1.807) is 11.1 Å². The fourth-order valence-electron chi connectivity index (χ4n) is 5.24. The van der Waals surface area contributed by atoms with Crippen molar-refractivity contribution < 1.29 is 14.3 Å². The molecule has 1 saturated heterocycles. The number of aromatic nitrogens is 1. The van der Waals surface area contributed by atoms with Gasteiger partial charge in [0, 0.05) is 42.7 Å². The summed E-state index contributed by atoms with van der Waals surface area (Å²) in [6, 6.07) is 21.8. The summed E-state index contributed by atoms with van der Waals surface area (Å²) in [7, 11) is 0. The van der Waals surface area contributed by atoms with E-state index in [0.717, 1.165) is 35.2 Å². The molecule has 2 atom stereocenters. The van der Waals surface area contributed by atoms with Crippen molar-refractivity contribution in [2.24, 2.45) is 5.73 Å². The van der Waals surface area contributed by atoms with Crippen LogP contribution in [0.4, 0.5) is 4.79 Å². The maximum atomic E-state index is 13.4. The predicted octanol–water partition coefficient (Wildman–Crippen LogP) is 5.57. The van der Waals surface area contributed by atoms with Crippen LogP contribution < -0.4 is 11.1 Å². The molecule has 2 aromatic carbocycles. The highest BCUT2D eigenvalue weighted by Gasteiger charge is 2.45. The Bertz CT molecular complexity index is 1280. The fraction of sp³-hybridized carbons (Fsp3) is 0.387. The molecule has 198 valence electrons. The minimum absolute atomic E-state index is 0.0737. The van der Waals surface area contributed by atoms with Gasteiger partial charge in [0.1, 0.15) is 5.60 Å².